The van der Waals surface area contributed by atoms with Crippen molar-refractivity contribution in [3.05, 3.63) is 0 Å². The molecule has 0 fully saturated rings. The van der Waals surface area contributed by atoms with Crippen LogP contribution in [0.5, 0.6) is 0 Å². The first-order valence-electron chi connectivity index (χ1n) is 2.99. The molecule has 0 bridgehead atoms. The molecule has 0 spiro atoms. The Kier molecular flexibility index (Phi) is 2.36. The summed E-state index contributed by atoms with van der Waals surface area (Å²) in [5, 5.41) is 7.19. The van der Waals surface area contributed by atoms with Gasteiger partial charge in [0.05, 0.1) is 6.54 Å². The third-order valence-corrected chi connectivity index (χ3v) is 1.11. The lowest BCUT2D eigenvalue weighted by Crippen LogP contribution is -1.92. The molecule has 0 saturated heterocycles. The Morgan fingerprint density at radius 2 is 2.12 bits per heavy atom. The molecule has 0 amide bonds. The van der Waals surface area contributed by atoms with Crippen LogP contribution >= 0.6 is 0 Å². The number of nitrogens with zero attached hydrogens (tertiary/aromatic N) is 2. The van der Waals surface area contributed by atoms with Crippen LogP contribution < -0.4 is 0 Å². The van der Waals surface area contributed by atoms with E-state index in [1.165, 1.54) is 6.42 Å². The van der Waals surface area contributed by atoms with E-state index in [9.17, 15) is 0 Å². The first-order valence-corrected chi connectivity index (χ1v) is 2.99. The largest absolute Gasteiger partial charge is 0.380 e. The van der Waals surface area contributed by atoms with Crippen molar-refractivity contribution in [2.45, 2.75) is 19.3 Å². The van der Waals surface area contributed by atoms with E-state index < -0.39 is 0 Å². The van der Waals surface area contributed by atoms with Crippen LogP contribution in [0.25, 0.3) is 0 Å². The summed E-state index contributed by atoms with van der Waals surface area (Å²) in [6, 6.07) is 0. The average molecular weight is 114 g/mol. The molecule has 1 aliphatic heterocycles. The van der Waals surface area contributed by atoms with Gasteiger partial charge in [-0.1, -0.05) is 0 Å². The van der Waals surface area contributed by atoms with Gasteiger partial charge in [-0.3, -0.25) is 0 Å². The van der Waals surface area contributed by atoms with Gasteiger partial charge in [0.2, 0.25) is 0 Å². The first-order chi connectivity index (χ1) is 4.00. The van der Waals surface area contributed by atoms with E-state index in [0.29, 0.717) is 0 Å². The van der Waals surface area contributed by atoms with Gasteiger partial charge in [-0.25, -0.2) is 0 Å². The summed E-state index contributed by atoms with van der Waals surface area (Å²) in [5.41, 5.74) is 0. The molecule has 0 radical (unpaired) electrons. The highest BCUT2D eigenvalue weighted by Gasteiger charge is 1.91. The summed E-state index contributed by atoms with van der Waals surface area (Å²) in [4.78, 5) is 4.73. The Morgan fingerprint density at radius 1 is 1.12 bits per heavy atom. The van der Waals surface area contributed by atoms with E-state index in [2.05, 4.69) is 10.4 Å². The monoisotopic (exact) mass is 114 g/mol. The molecule has 0 atom stereocenters. The highest BCUT2D eigenvalue weighted by Crippen LogP contribution is 2.00. The number of hydrogen-bond donors (Lipinski definition) is 0. The third-order valence-electron chi connectivity index (χ3n) is 1.11. The molecular formula is C5H10N2O. The summed E-state index contributed by atoms with van der Waals surface area (Å²) >= 11 is 0. The fourth-order valence-corrected chi connectivity index (χ4v) is 0.648. The zero-order chi connectivity index (χ0) is 5.66. The summed E-state index contributed by atoms with van der Waals surface area (Å²) in [5.74, 6) is 0. The highest BCUT2D eigenvalue weighted by atomic mass is 16.6. The maximum absolute atomic E-state index is 4.73. The minimum absolute atomic E-state index is 0.740. The predicted molar refractivity (Wildman–Crippen MR) is 29.5 cm³/mol. The molecule has 8 heavy (non-hydrogen) atoms. The van der Waals surface area contributed by atoms with Gasteiger partial charge in [0.1, 0.15) is 6.61 Å². The molecule has 0 unspecified atom stereocenters. The third kappa shape index (κ3) is 1.91. The van der Waals surface area contributed by atoms with Crippen LogP contribution in [0.4, 0.5) is 0 Å². The first kappa shape index (κ1) is 5.54. The molecule has 1 rings (SSSR count). The van der Waals surface area contributed by atoms with Crippen LogP contribution in [0.3, 0.4) is 0 Å². The molecule has 46 valence electrons. The molecule has 0 saturated carbocycles. The second kappa shape index (κ2) is 3.41. The Morgan fingerprint density at radius 3 is 3.12 bits per heavy atom. The van der Waals surface area contributed by atoms with E-state index in [-0.39, 0.29) is 0 Å². The Bertz CT molecular complexity index is 72.5. The maximum Gasteiger partial charge on any atom is 0.119 e. The van der Waals surface area contributed by atoms with Crippen molar-refractivity contribution in [3.8, 4) is 0 Å². The van der Waals surface area contributed by atoms with Crippen LogP contribution in [0.1, 0.15) is 19.3 Å². The predicted octanol–water partition coefficient (Wildman–Crippen LogP) is 1.55. The van der Waals surface area contributed by atoms with Crippen LogP contribution in [-0.4, -0.2) is 13.2 Å². The van der Waals surface area contributed by atoms with Gasteiger partial charge in [0, 0.05) is 5.28 Å². The number of hydrogen-bond acceptors (Lipinski definition) is 3. The lowest BCUT2D eigenvalue weighted by Gasteiger charge is -2.00. The lowest BCUT2D eigenvalue weighted by atomic mass is 10.2. The fraction of sp³-hybridized carbons (Fsp3) is 1.00. The average Bonchev–Trinajstić information content (AvgIpc) is 1.62. The standard InChI is InChI=1S/C5H10N2O/c1-2-4-6-7-8-5-3-1/h1-5H2. The van der Waals surface area contributed by atoms with Gasteiger partial charge in [-0.05, 0) is 19.3 Å². The Balaban J connectivity index is 2.17. The minimum Gasteiger partial charge on any atom is -0.380 e. The minimum atomic E-state index is 0.740. The molecule has 1 heterocycles. The van der Waals surface area contributed by atoms with E-state index in [1.807, 2.05) is 0 Å². The fourth-order valence-electron chi connectivity index (χ4n) is 0.648. The van der Waals surface area contributed by atoms with Crippen molar-refractivity contribution in [2.24, 2.45) is 10.4 Å². The molecule has 0 aromatic heterocycles. The van der Waals surface area contributed by atoms with Crippen molar-refractivity contribution in [1.82, 2.24) is 0 Å². The zero-order valence-corrected chi connectivity index (χ0v) is 4.84. The Labute approximate surface area is 48.7 Å². The maximum atomic E-state index is 4.73. The summed E-state index contributed by atoms with van der Waals surface area (Å²) < 4.78 is 0. The summed E-state index contributed by atoms with van der Waals surface area (Å²) in [6.07, 6.45) is 3.50. The van der Waals surface area contributed by atoms with E-state index in [1.54, 1.807) is 0 Å². The molecule has 3 nitrogen and oxygen atoms in total. The second-order valence-electron chi connectivity index (χ2n) is 1.84. The highest BCUT2D eigenvalue weighted by molar-refractivity contribution is 4.44. The van der Waals surface area contributed by atoms with Crippen molar-refractivity contribution in [3.63, 3.8) is 0 Å². The molecule has 1 aliphatic rings. The zero-order valence-electron chi connectivity index (χ0n) is 4.84. The second-order valence-corrected chi connectivity index (χ2v) is 1.84. The van der Waals surface area contributed by atoms with Crippen molar-refractivity contribution < 1.29 is 4.84 Å². The van der Waals surface area contributed by atoms with Crippen LogP contribution in [0.15, 0.2) is 10.4 Å². The quantitative estimate of drug-likeness (QED) is 0.470. The summed E-state index contributed by atoms with van der Waals surface area (Å²) in [7, 11) is 0. The van der Waals surface area contributed by atoms with E-state index >= 15 is 0 Å². The molecular weight excluding hydrogens is 104 g/mol. The lowest BCUT2D eigenvalue weighted by molar-refractivity contribution is 0.112. The van der Waals surface area contributed by atoms with Gasteiger partial charge in [-0.15, -0.1) is 0 Å². The number of rotatable bonds is 0. The van der Waals surface area contributed by atoms with Crippen LogP contribution in [0, 0.1) is 0 Å². The normalized spacial score (nSPS) is 21.0. The van der Waals surface area contributed by atoms with Crippen LogP contribution in [0.2, 0.25) is 0 Å². The van der Waals surface area contributed by atoms with Gasteiger partial charge in [0.15, 0.2) is 0 Å². The molecule has 0 aromatic rings. The smallest absolute Gasteiger partial charge is 0.119 e. The topological polar surface area (TPSA) is 34.0 Å². The molecule has 0 N–H and O–H groups in total. The SMILES string of the molecule is C1CCN=NOCC1. The Hall–Kier alpha value is -0.600. The van der Waals surface area contributed by atoms with E-state index in [4.69, 9.17) is 4.84 Å². The van der Waals surface area contributed by atoms with Gasteiger partial charge >= 0.3 is 0 Å². The van der Waals surface area contributed by atoms with Gasteiger partial charge in [0.25, 0.3) is 0 Å². The van der Waals surface area contributed by atoms with Crippen molar-refractivity contribution in [1.29, 1.82) is 0 Å². The molecule has 0 aromatic carbocycles. The molecule has 3 heteroatoms. The van der Waals surface area contributed by atoms with Crippen LogP contribution in [-0.2, 0) is 4.84 Å². The van der Waals surface area contributed by atoms with Crippen molar-refractivity contribution >= 4 is 0 Å². The molecule has 0 aliphatic carbocycles. The van der Waals surface area contributed by atoms with E-state index in [0.717, 1.165) is 26.0 Å². The van der Waals surface area contributed by atoms with Crippen molar-refractivity contribution in [2.75, 3.05) is 13.2 Å². The van der Waals surface area contributed by atoms with Gasteiger partial charge in [-0.2, -0.15) is 5.11 Å². The summed E-state index contributed by atoms with van der Waals surface area (Å²) in [6.45, 7) is 1.57. The van der Waals surface area contributed by atoms with Gasteiger partial charge < -0.3 is 4.84 Å².